The van der Waals surface area contributed by atoms with Crippen molar-refractivity contribution in [3.05, 3.63) is 113 Å². The fraction of sp³-hybridized carbons (Fsp3) is 0.233. The Labute approximate surface area is 227 Å². The molecule has 0 radical (unpaired) electrons. The normalized spacial score (nSPS) is 11.8. The standard InChI is InChI=1S/C28H30FN5.C2H3F3/c1-5-31-27(34-28(30-4)33-18-22-13-15-26(29)16-14-22)24-12-8-11-23(17-24)21(3)32-19-25-10-7-6-9-20(25)2;1-2(3,4)5/h6-17,32H,3-5,18-19H2,1-2H3,(H,31,33,34);1H3. The van der Waals surface area contributed by atoms with Crippen LogP contribution in [0.25, 0.3) is 5.70 Å². The zero-order chi connectivity index (χ0) is 28.8. The summed E-state index contributed by atoms with van der Waals surface area (Å²) in [5, 5.41) is 6.60. The molecule has 0 atom stereocenters. The molecule has 0 heterocycles. The van der Waals surface area contributed by atoms with Gasteiger partial charge in [0.15, 0.2) is 0 Å². The van der Waals surface area contributed by atoms with E-state index in [2.05, 4.69) is 58.0 Å². The highest BCUT2D eigenvalue weighted by atomic mass is 19.4. The van der Waals surface area contributed by atoms with Gasteiger partial charge in [-0.3, -0.25) is 4.99 Å². The van der Waals surface area contributed by atoms with Crippen molar-refractivity contribution in [3.63, 3.8) is 0 Å². The predicted octanol–water partition coefficient (Wildman–Crippen LogP) is 7.08. The molecule has 0 saturated heterocycles. The molecule has 0 unspecified atom stereocenters. The summed E-state index contributed by atoms with van der Waals surface area (Å²) in [6.07, 6.45) is -4.00. The molecule has 0 saturated carbocycles. The van der Waals surface area contributed by atoms with Crippen LogP contribution in [0.4, 0.5) is 17.6 Å². The van der Waals surface area contributed by atoms with Gasteiger partial charge in [0, 0.05) is 31.3 Å². The lowest BCUT2D eigenvalue weighted by molar-refractivity contribution is -0.110. The quantitative estimate of drug-likeness (QED) is 0.183. The van der Waals surface area contributed by atoms with Crippen LogP contribution in [0, 0.1) is 12.7 Å². The topological polar surface area (TPSA) is 61.1 Å². The Morgan fingerprint density at radius 3 is 2.18 bits per heavy atom. The number of aliphatic imine (C=N–C) groups is 3. The molecule has 5 nitrogen and oxygen atoms in total. The molecule has 0 amide bonds. The van der Waals surface area contributed by atoms with E-state index in [1.165, 1.54) is 23.3 Å². The highest BCUT2D eigenvalue weighted by Crippen LogP contribution is 2.15. The maximum Gasteiger partial charge on any atom is 0.386 e. The first kappa shape index (κ1) is 31.0. The molecule has 9 heteroatoms. The van der Waals surface area contributed by atoms with E-state index in [4.69, 9.17) is 0 Å². The van der Waals surface area contributed by atoms with E-state index >= 15 is 0 Å². The summed E-state index contributed by atoms with van der Waals surface area (Å²) in [5.41, 5.74) is 6.02. The Morgan fingerprint density at radius 2 is 1.56 bits per heavy atom. The maximum atomic E-state index is 13.1. The second-order valence-corrected chi connectivity index (χ2v) is 8.49. The van der Waals surface area contributed by atoms with Crippen molar-refractivity contribution >= 4 is 24.2 Å². The molecule has 3 aromatic carbocycles. The molecule has 3 rings (SSSR count). The summed E-state index contributed by atoms with van der Waals surface area (Å²) in [7, 11) is 0. The van der Waals surface area contributed by atoms with Gasteiger partial charge in [0.2, 0.25) is 5.96 Å². The maximum absolute atomic E-state index is 13.1. The van der Waals surface area contributed by atoms with Crippen molar-refractivity contribution in [1.29, 1.82) is 0 Å². The number of rotatable bonds is 8. The average molecular weight is 540 g/mol. The van der Waals surface area contributed by atoms with Crippen LogP contribution in [-0.4, -0.2) is 31.2 Å². The van der Waals surface area contributed by atoms with Crippen LogP contribution in [0.2, 0.25) is 0 Å². The predicted molar refractivity (Wildman–Crippen MR) is 153 cm³/mol. The number of aryl methyl sites for hydroxylation is 1. The molecular weight excluding hydrogens is 506 g/mol. The summed E-state index contributed by atoms with van der Waals surface area (Å²) >= 11 is 0. The number of hydrogen-bond acceptors (Lipinski definition) is 3. The molecule has 0 bridgehead atoms. The number of nitrogens with one attached hydrogen (secondary N) is 2. The van der Waals surface area contributed by atoms with E-state index in [-0.39, 0.29) is 12.7 Å². The van der Waals surface area contributed by atoms with Crippen molar-refractivity contribution in [2.45, 2.75) is 40.0 Å². The number of alkyl halides is 3. The monoisotopic (exact) mass is 539 g/mol. The largest absolute Gasteiger partial charge is 0.386 e. The van der Waals surface area contributed by atoms with Crippen molar-refractivity contribution in [1.82, 2.24) is 10.6 Å². The number of guanidine groups is 1. The Balaban J connectivity index is 0.000000976. The lowest BCUT2D eigenvalue weighted by Crippen LogP contribution is -2.30. The van der Waals surface area contributed by atoms with Gasteiger partial charge in [-0.25, -0.2) is 14.4 Å². The van der Waals surface area contributed by atoms with E-state index in [1.54, 1.807) is 12.1 Å². The molecule has 2 N–H and O–H groups in total. The van der Waals surface area contributed by atoms with Gasteiger partial charge < -0.3 is 10.6 Å². The minimum atomic E-state index is -4.00. The number of benzene rings is 3. The van der Waals surface area contributed by atoms with Crippen LogP contribution in [0.3, 0.4) is 0 Å². The van der Waals surface area contributed by atoms with Crippen LogP contribution >= 0.6 is 0 Å². The van der Waals surface area contributed by atoms with Gasteiger partial charge in [0.05, 0.1) is 6.54 Å². The van der Waals surface area contributed by atoms with Crippen molar-refractivity contribution < 1.29 is 17.6 Å². The van der Waals surface area contributed by atoms with Crippen LogP contribution in [0.5, 0.6) is 0 Å². The SMILES string of the molecule is C=NC(=NCc1ccc(F)cc1)NC(=NCC)c1cccc(C(=C)NCc2ccccc2C)c1.CC(F)(F)F. The third-order valence-electron chi connectivity index (χ3n) is 5.26. The van der Waals surface area contributed by atoms with E-state index in [1.807, 2.05) is 43.3 Å². The van der Waals surface area contributed by atoms with Crippen LogP contribution in [-0.2, 0) is 13.1 Å². The van der Waals surface area contributed by atoms with Gasteiger partial charge in [-0.2, -0.15) is 13.2 Å². The zero-order valence-corrected chi connectivity index (χ0v) is 22.3. The molecule has 0 spiro atoms. The summed E-state index contributed by atoms with van der Waals surface area (Å²) in [5.74, 6) is 0.708. The first-order valence-electron chi connectivity index (χ1n) is 12.2. The molecule has 0 aliphatic rings. The average Bonchev–Trinajstić information content (AvgIpc) is 2.90. The highest BCUT2D eigenvalue weighted by Gasteiger charge is 2.15. The molecule has 0 aliphatic heterocycles. The molecule has 0 aromatic heterocycles. The van der Waals surface area contributed by atoms with Crippen LogP contribution in [0.1, 0.15) is 41.7 Å². The summed E-state index contributed by atoms with van der Waals surface area (Å²) < 4.78 is 44.2. The second kappa shape index (κ2) is 15.2. The third-order valence-corrected chi connectivity index (χ3v) is 5.26. The molecule has 39 heavy (non-hydrogen) atoms. The number of hydrogen-bond donors (Lipinski definition) is 2. The lowest BCUT2D eigenvalue weighted by Gasteiger charge is -2.14. The Kier molecular flexibility index (Phi) is 12.1. The fourth-order valence-electron chi connectivity index (χ4n) is 3.32. The highest BCUT2D eigenvalue weighted by molar-refractivity contribution is 6.09. The summed E-state index contributed by atoms with van der Waals surface area (Å²) in [4.78, 5) is 13.1. The number of halogens is 4. The molecule has 3 aromatic rings. The zero-order valence-electron chi connectivity index (χ0n) is 22.3. The lowest BCUT2D eigenvalue weighted by atomic mass is 10.1. The minimum Gasteiger partial charge on any atom is -0.381 e. The van der Waals surface area contributed by atoms with Crippen molar-refractivity contribution in [2.75, 3.05) is 6.54 Å². The molecule has 206 valence electrons. The smallest absolute Gasteiger partial charge is 0.381 e. The minimum absolute atomic E-state index is 0.188. The van der Waals surface area contributed by atoms with Gasteiger partial charge in [-0.05, 0) is 61.0 Å². The van der Waals surface area contributed by atoms with Crippen molar-refractivity contribution in [2.24, 2.45) is 15.0 Å². The number of nitrogens with zero attached hydrogens (tertiary/aromatic N) is 3. The van der Waals surface area contributed by atoms with Gasteiger partial charge in [0.1, 0.15) is 11.7 Å². The second-order valence-electron chi connectivity index (χ2n) is 8.49. The van der Waals surface area contributed by atoms with Crippen molar-refractivity contribution in [3.8, 4) is 0 Å². The Hall–Kier alpha value is -4.27. The fourth-order valence-corrected chi connectivity index (χ4v) is 3.32. The molecule has 0 fully saturated rings. The van der Waals surface area contributed by atoms with E-state index in [9.17, 15) is 17.6 Å². The Bertz CT molecular complexity index is 1290. The van der Waals surface area contributed by atoms with E-state index < -0.39 is 6.18 Å². The summed E-state index contributed by atoms with van der Waals surface area (Å²) in [6, 6.07) is 22.5. The number of amidine groups is 1. The molecule has 0 aliphatic carbocycles. The third kappa shape index (κ3) is 11.8. The van der Waals surface area contributed by atoms with Gasteiger partial charge >= 0.3 is 6.18 Å². The Morgan fingerprint density at radius 1 is 0.923 bits per heavy atom. The summed E-state index contributed by atoms with van der Waals surface area (Å²) in [6.45, 7) is 13.7. The van der Waals surface area contributed by atoms with E-state index in [0.717, 1.165) is 22.4 Å². The van der Waals surface area contributed by atoms with Gasteiger partial charge in [0.25, 0.3) is 0 Å². The van der Waals surface area contributed by atoms with Crippen LogP contribution in [0.15, 0.2) is 94.4 Å². The van der Waals surface area contributed by atoms with Crippen LogP contribution < -0.4 is 10.6 Å². The van der Waals surface area contributed by atoms with E-state index in [0.29, 0.717) is 31.4 Å². The van der Waals surface area contributed by atoms with Gasteiger partial charge in [-0.15, -0.1) is 0 Å². The van der Waals surface area contributed by atoms with Gasteiger partial charge in [-0.1, -0.05) is 61.2 Å². The first-order chi connectivity index (χ1) is 18.5. The first-order valence-corrected chi connectivity index (χ1v) is 12.2. The molecular formula is C30H33F4N5.